The molecule has 0 aliphatic heterocycles. The number of fused-ring (bicyclic) bond motifs is 3. The Kier molecular flexibility index (Phi) is 4.19. The van der Waals surface area contributed by atoms with Crippen LogP contribution in [0.15, 0.2) is 59.5 Å². The van der Waals surface area contributed by atoms with Crippen molar-refractivity contribution < 1.29 is 17.6 Å². The highest BCUT2D eigenvalue weighted by Gasteiger charge is 2.19. The summed E-state index contributed by atoms with van der Waals surface area (Å²) in [5.41, 5.74) is 7.40. The minimum absolute atomic E-state index is 0.190. The first kappa shape index (κ1) is 18.2. The van der Waals surface area contributed by atoms with E-state index in [2.05, 4.69) is 6.07 Å². The van der Waals surface area contributed by atoms with Crippen molar-refractivity contribution in [3.8, 4) is 0 Å². The van der Waals surface area contributed by atoms with E-state index in [1.165, 1.54) is 18.2 Å². The van der Waals surface area contributed by atoms with Gasteiger partial charge in [0.2, 0.25) is 5.91 Å². The number of rotatable bonds is 4. The van der Waals surface area contributed by atoms with Gasteiger partial charge in [0, 0.05) is 29.1 Å². The molecule has 0 aliphatic rings. The summed E-state index contributed by atoms with van der Waals surface area (Å²) in [7, 11) is -3.37. The van der Waals surface area contributed by atoms with Gasteiger partial charge in [-0.15, -0.1) is 0 Å². The Bertz CT molecular complexity index is 1360. The van der Waals surface area contributed by atoms with E-state index < -0.39 is 21.6 Å². The summed E-state index contributed by atoms with van der Waals surface area (Å²) in [6.07, 6.45) is 1.14. The number of hydrogen-bond donors (Lipinski definition) is 1. The van der Waals surface area contributed by atoms with Crippen LogP contribution in [0, 0.1) is 11.9 Å². The highest BCUT2D eigenvalue weighted by atomic mass is 32.2. The van der Waals surface area contributed by atoms with Crippen LogP contribution in [0.1, 0.15) is 15.9 Å². The quantitative estimate of drug-likeness (QED) is 0.576. The molecule has 0 saturated heterocycles. The summed E-state index contributed by atoms with van der Waals surface area (Å²) < 4.78 is 40.2. The summed E-state index contributed by atoms with van der Waals surface area (Å²) in [5.74, 6) is -1.07. The van der Waals surface area contributed by atoms with E-state index in [0.29, 0.717) is 21.9 Å². The molecule has 3 aromatic carbocycles. The number of nitrogens with two attached hydrogens (primary N) is 1. The largest absolute Gasteiger partial charge is 0.366 e. The predicted molar refractivity (Wildman–Crippen MR) is 105 cm³/mol. The van der Waals surface area contributed by atoms with Crippen LogP contribution < -0.4 is 5.73 Å². The fourth-order valence-corrected chi connectivity index (χ4v) is 4.19. The molecule has 0 aliphatic carbocycles. The van der Waals surface area contributed by atoms with Crippen LogP contribution in [-0.2, 0) is 16.4 Å². The van der Waals surface area contributed by atoms with Crippen molar-refractivity contribution in [2.75, 3.05) is 6.26 Å². The summed E-state index contributed by atoms with van der Waals surface area (Å²) >= 11 is 0. The average Bonchev–Trinajstić information content (AvgIpc) is 2.96. The number of amides is 1. The van der Waals surface area contributed by atoms with Crippen molar-refractivity contribution in [3.05, 3.63) is 77.6 Å². The lowest BCUT2D eigenvalue weighted by Crippen LogP contribution is -2.11. The van der Waals surface area contributed by atoms with Gasteiger partial charge in [0.05, 0.1) is 15.9 Å². The van der Waals surface area contributed by atoms with Gasteiger partial charge in [-0.05, 0) is 42.0 Å². The summed E-state index contributed by atoms with van der Waals surface area (Å²) in [5, 5.41) is 0.993. The lowest BCUT2D eigenvalue weighted by Gasteiger charge is -2.10. The van der Waals surface area contributed by atoms with E-state index in [9.17, 15) is 17.6 Å². The molecule has 0 bridgehead atoms. The molecule has 141 valence electrons. The molecule has 2 N–H and O–H groups in total. The lowest BCUT2D eigenvalue weighted by atomic mass is 10.1. The van der Waals surface area contributed by atoms with Crippen molar-refractivity contribution in [2.45, 2.75) is 11.4 Å². The molecule has 0 saturated carbocycles. The first-order chi connectivity index (χ1) is 13.3. The number of sulfone groups is 1. The molecule has 5 nitrogen and oxygen atoms in total. The van der Waals surface area contributed by atoms with E-state index in [1.807, 2.05) is 0 Å². The number of carbonyl (C=O) groups excluding carboxylic acids is 1. The van der Waals surface area contributed by atoms with Gasteiger partial charge in [-0.25, -0.2) is 12.8 Å². The monoisotopic (exact) mass is 395 g/mol. The van der Waals surface area contributed by atoms with Gasteiger partial charge >= 0.3 is 0 Å². The predicted octanol–water partition coefficient (Wildman–Crippen LogP) is 3.28. The number of carbonyl (C=O) groups is 1. The van der Waals surface area contributed by atoms with E-state index in [4.69, 9.17) is 5.73 Å². The smallest absolute Gasteiger partial charge is 0.249 e. The molecule has 1 aromatic heterocycles. The van der Waals surface area contributed by atoms with Crippen LogP contribution in [0.25, 0.3) is 21.8 Å². The molecule has 4 aromatic rings. The molecule has 4 rings (SSSR count). The Balaban J connectivity index is 2.02. The number of primary amides is 1. The van der Waals surface area contributed by atoms with Gasteiger partial charge < -0.3 is 10.3 Å². The fourth-order valence-electron chi connectivity index (χ4n) is 3.49. The molecule has 28 heavy (non-hydrogen) atoms. The number of aromatic nitrogens is 1. The van der Waals surface area contributed by atoms with Crippen molar-refractivity contribution in [1.29, 1.82) is 0 Å². The Hall–Kier alpha value is -3.19. The maximum absolute atomic E-state index is 14.7. The lowest BCUT2D eigenvalue weighted by molar-refractivity contribution is 0.100. The number of benzene rings is 3. The van der Waals surface area contributed by atoms with Crippen LogP contribution in [0.4, 0.5) is 4.39 Å². The van der Waals surface area contributed by atoms with Gasteiger partial charge in [0.1, 0.15) is 5.82 Å². The molecule has 0 fully saturated rings. The van der Waals surface area contributed by atoms with Crippen molar-refractivity contribution in [1.82, 2.24) is 4.57 Å². The summed E-state index contributed by atoms with van der Waals surface area (Å²) in [6.45, 7) is 0.223. The van der Waals surface area contributed by atoms with Crippen LogP contribution >= 0.6 is 0 Å². The second-order valence-corrected chi connectivity index (χ2v) is 8.63. The molecular weight excluding hydrogens is 379 g/mol. The Morgan fingerprint density at radius 2 is 1.93 bits per heavy atom. The Labute approximate surface area is 161 Å². The minimum atomic E-state index is -3.37. The van der Waals surface area contributed by atoms with E-state index >= 15 is 0 Å². The van der Waals surface area contributed by atoms with Crippen molar-refractivity contribution in [3.63, 3.8) is 0 Å². The molecular formula is C21H16FN2O3S. The maximum atomic E-state index is 14.7. The van der Waals surface area contributed by atoms with Crippen LogP contribution in [0.5, 0.6) is 0 Å². The zero-order chi connectivity index (χ0) is 20.1. The molecule has 0 atom stereocenters. The molecule has 0 unspecified atom stereocenters. The normalized spacial score (nSPS) is 11.9. The van der Waals surface area contributed by atoms with Gasteiger partial charge in [-0.3, -0.25) is 4.79 Å². The van der Waals surface area contributed by atoms with Gasteiger partial charge in [-0.1, -0.05) is 24.3 Å². The third kappa shape index (κ3) is 2.93. The topological polar surface area (TPSA) is 82.2 Å². The Morgan fingerprint density at radius 3 is 2.64 bits per heavy atom. The van der Waals surface area contributed by atoms with Crippen molar-refractivity contribution in [2.24, 2.45) is 5.73 Å². The molecule has 1 amide bonds. The highest BCUT2D eigenvalue weighted by Crippen LogP contribution is 2.33. The standard InChI is InChI=1S/C21H16FN2O3S/c1-28(26,27)14-6-2-5-13(11-14)12-24-18-10-4-8-16(21(23)25)19(18)15-7-3-9-17(22)20(15)24/h2-6,8-11H,12H2,1H3,(H2,23,25). The second-order valence-electron chi connectivity index (χ2n) is 6.62. The summed E-state index contributed by atoms with van der Waals surface area (Å²) in [4.78, 5) is 12.1. The number of hydrogen-bond acceptors (Lipinski definition) is 3. The SMILES string of the molecule is CS(=O)(=O)c1cccc(Cn2c3cccc(C(N)=O)c3c3[c]ccc(F)c32)c1. The van der Waals surface area contributed by atoms with Gasteiger partial charge in [0.15, 0.2) is 9.84 Å². The molecule has 7 heteroatoms. The van der Waals surface area contributed by atoms with E-state index in [-0.39, 0.29) is 22.5 Å². The number of nitrogens with zero attached hydrogens (tertiary/aromatic N) is 1. The third-order valence-electron chi connectivity index (χ3n) is 4.71. The third-order valence-corrected chi connectivity index (χ3v) is 5.82. The van der Waals surface area contributed by atoms with E-state index in [0.717, 1.165) is 6.26 Å². The van der Waals surface area contributed by atoms with E-state index in [1.54, 1.807) is 41.0 Å². The molecule has 0 spiro atoms. The first-order valence-corrected chi connectivity index (χ1v) is 10.4. The van der Waals surface area contributed by atoms with Crippen LogP contribution in [-0.4, -0.2) is 25.1 Å². The molecule has 1 heterocycles. The zero-order valence-electron chi connectivity index (χ0n) is 14.9. The second kappa shape index (κ2) is 6.45. The fraction of sp³-hybridized carbons (Fsp3) is 0.0952. The van der Waals surface area contributed by atoms with Crippen LogP contribution in [0.2, 0.25) is 0 Å². The van der Waals surface area contributed by atoms with Gasteiger partial charge in [0.25, 0.3) is 0 Å². The average molecular weight is 395 g/mol. The molecule has 1 radical (unpaired) electrons. The minimum Gasteiger partial charge on any atom is -0.366 e. The maximum Gasteiger partial charge on any atom is 0.249 e. The van der Waals surface area contributed by atoms with Gasteiger partial charge in [-0.2, -0.15) is 0 Å². The summed E-state index contributed by atoms with van der Waals surface area (Å²) in [6, 6.07) is 17.3. The van der Waals surface area contributed by atoms with Crippen LogP contribution in [0.3, 0.4) is 0 Å². The Morgan fingerprint density at radius 1 is 1.18 bits per heavy atom. The zero-order valence-corrected chi connectivity index (χ0v) is 15.8. The first-order valence-electron chi connectivity index (χ1n) is 8.47. The highest BCUT2D eigenvalue weighted by molar-refractivity contribution is 7.90. The van der Waals surface area contributed by atoms with Crippen molar-refractivity contribution >= 4 is 37.6 Å². The number of halogens is 1.